The lowest BCUT2D eigenvalue weighted by atomic mass is 10.1. The van der Waals surface area contributed by atoms with Crippen LogP contribution < -0.4 is 5.32 Å². The van der Waals surface area contributed by atoms with Gasteiger partial charge in [-0.05, 0) is 46.1 Å². The van der Waals surface area contributed by atoms with Gasteiger partial charge < -0.3 is 10.2 Å². The fourth-order valence-electron chi connectivity index (χ4n) is 1.58. The third-order valence-corrected chi connectivity index (χ3v) is 3.08. The summed E-state index contributed by atoms with van der Waals surface area (Å²) in [5, 5.41) is 2.59. The number of hydrogen-bond acceptors (Lipinski definition) is 2. The van der Waals surface area contributed by atoms with Gasteiger partial charge in [-0.1, -0.05) is 15.9 Å². The molecule has 0 radical (unpaired) electrons. The molecule has 0 aliphatic carbocycles. The van der Waals surface area contributed by atoms with Gasteiger partial charge in [0.15, 0.2) is 0 Å². The summed E-state index contributed by atoms with van der Waals surface area (Å²) < 4.78 is 27.4. The molecule has 1 rings (SSSR count). The fourth-order valence-corrected chi connectivity index (χ4v) is 1.98. The summed E-state index contributed by atoms with van der Waals surface area (Å²) in [6.07, 6.45) is 0.707. The van der Waals surface area contributed by atoms with E-state index in [4.69, 9.17) is 0 Å². The van der Waals surface area contributed by atoms with E-state index in [1.54, 1.807) is 6.92 Å². The van der Waals surface area contributed by atoms with Gasteiger partial charge in [-0.2, -0.15) is 0 Å². The highest BCUT2D eigenvalue weighted by atomic mass is 79.9. The number of halogens is 3. The maximum Gasteiger partial charge on any atom is 0.257 e. The molecule has 0 aliphatic rings. The van der Waals surface area contributed by atoms with Crippen LogP contribution in [0.2, 0.25) is 0 Å². The highest BCUT2D eigenvalue weighted by Crippen LogP contribution is 2.19. The molecule has 0 spiro atoms. The lowest BCUT2D eigenvalue weighted by molar-refractivity contribution is 0.0928. The molecular formula is C13H17BrF2N2O. The number of hydrogen-bond donors (Lipinski definition) is 1. The van der Waals surface area contributed by atoms with Gasteiger partial charge in [-0.25, -0.2) is 8.78 Å². The van der Waals surface area contributed by atoms with Crippen molar-refractivity contribution in [3.63, 3.8) is 0 Å². The molecule has 106 valence electrons. The van der Waals surface area contributed by atoms with Crippen molar-refractivity contribution in [1.29, 1.82) is 0 Å². The Morgan fingerprint density at radius 2 is 1.89 bits per heavy atom. The van der Waals surface area contributed by atoms with E-state index in [2.05, 4.69) is 21.2 Å². The van der Waals surface area contributed by atoms with E-state index in [9.17, 15) is 13.6 Å². The van der Waals surface area contributed by atoms with Crippen molar-refractivity contribution in [1.82, 2.24) is 10.2 Å². The molecule has 6 heteroatoms. The minimum Gasteiger partial charge on any atom is -0.349 e. The second-order valence-corrected chi connectivity index (χ2v) is 5.63. The van der Waals surface area contributed by atoms with Crippen LogP contribution in [-0.4, -0.2) is 37.5 Å². The van der Waals surface area contributed by atoms with Crippen molar-refractivity contribution < 1.29 is 13.6 Å². The van der Waals surface area contributed by atoms with Crippen molar-refractivity contribution >= 4 is 21.8 Å². The van der Waals surface area contributed by atoms with E-state index in [1.165, 1.54) is 0 Å². The van der Waals surface area contributed by atoms with Crippen LogP contribution >= 0.6 is 15.9 Å². The van der Waals surface area contributed by atoms with E-state index < -0.39 is 23.1 Å². The zero-order chi connectivity index (χ0) is 14.6. The molecular weight excluding hydrogens is 318 g/mol. The second-order valence-electron chi connectivity index (χ2n) is 4.71. The predicted octanol–water partition coefficient (Wildman–Crippen LogP) is 2.80. The molecule has 0 bridgehead atoms. The SMILES string of the molecule is CC(CCN(C)C)NC(=O)c1c(F)cc(Br)cc1F. The summed E-state index contributed by atoms with van der Waals surface area (Å²) >= 11 is 2.97. The third-order valence-electron chi connectivity index (χ3n) is 2.62. The Morgan fingerprint density at radius 1 is 1.37 bits per heavy atom. The Bertz CT molecular complexity index is 443. The fraction of sp³-hybridized carbons (Fsp3) is 0.462. The minimum atomic E-state index is -0.871. The van der Waals surface area contributed by atoms with Crippen molar-refractivity contribution in [3.8, 4) is 0 Å². The highest BCUT2D eigenvalue weighted by molar-refractivity contribution is 9.10. The van der Waals surface area contributed by atoms with Crippen LogP contribution in [0.3, 0.4) is 0 Å². The smallest absolute Gasteiger partial charge is 0.257 e. The molecule has 0 saturated heterocycles. The second kappa shape index (κ2) is 6.96. The predicted molar refractivity (Wildman–Crippen MR) is 74.2 cm³/mol. The van der Waals surface area contributed by atoms with Crippen LogP contribution in [0.1, 0.15) is 23.7 Å². The van der Waals surface area contributed by atoms with Crippen LogP contribution in [0.25, 0.3) is 0 Å². The van der Waals surface area contributed by atoms with Crippen LogP contribution in [0, 0.1) is 11.6 Å². The van der Waals surface area contributed by atoms with E-state index in [0.717, 1.165) is 18.7 Å². The van der Waals surface area contributed by atoms with Gasteiger partial charge in [-0.15, -0.1) is 0 Å². The zero-order valence-corrected chi connectivity index (χ0v) is 12.7. The maximum atomic E-state index is 13.6. The minimum absolute atomic E-state index is 0.155. The molecule has 1 N–H and O–H groups in total. The first-order chi connectivity index (χ1) is 8.81. The molecule has 0 aliphatic heterocycles. The van der Waals surface area contributed by atoms with Crippen molar-refractivity contribution in [2.75, 3.05) is 20.6 Å². The van der Waals surface area contributed by atoms with E-state index in [-0.39, 0.29) is 10.5 Å². The molecule has 1 unspecified atom stereocenters. The first-order valence-electron chi connectivity index (χ1n) is 5.91. The topological polar surface area (TPSA) is 32.3 Å². The molecule has 1 aromatic rings. The summed E-state index contributed by atoms with van der Waals surface area (Å²) in [4.78, 5) is 13.8. The molecule has 1 atom stereocenters. The largest absolute Gasteiger partial charge is 0.349 e. The van der Waals surface area contributed by atoms with Gasteiger partial charge in [0.05, 0.1) is 0 Å². The van der Waals surface area contributed by atoms with Gasteiger partial charge in [-0.3, -0.25) is 4.79 Å². The molecule has 1 aromatic carbocycles. The Labute approximate surface area is 120 Å². The first kappa shape index (κ1) is 16.0. The summed E-state index contributed by atoms with van der Waals surface area (Å²) in [6, 6.07) is 1.99. The molecule has 0 aromatic heterocycles. The highest BCUT2D eigenvalue weighted by Gasteiger charge is 2.19. The monoisotopic (exact) mass is 334 g/mol. The summed E-state index contributed by atoms with van der Waals surface area (Å²) in [5.74, 6) is -2.47. The van der Waals surface area contributed by atoms with Gasteiger partial charge in [0.1, 0.15) is 17.2 Å². The number of amides is 1. The van der Waals surface area contributed by atoms with E-state index in [0.29, 0.717) is 6.42 Å². The van der Waals surface area contributed by atoms with E-state index in [1.807, 2.05) is 19.0 Å². The van der Waals surface area contributed by atoms with Gasteiger partial charge in [0, 0.05) is 10.5 Å². The van der Waals surface area contributed by atoms with Crippen LogP contribution in [-0.2, 0) is 0 Å². The van der Waals surface area contributed by atoms with Gasteiger partial charge in [0.25, 0.3) is 5.91 Å². The number of benzene rings is 1. The Hall–Kier alpha value is -1.01. The molecule has 19 heavy (non-hydrogen) atoms. The summed E-state index contributed by atoms with van der Waals surface area (Å²) in [5.41, 5.74) is -0.542. The third kappa shape index (κ3) is 4.87. The van der Waals surface area contributed by atoms with Crippen LogP contribution in [0.4, 0.5) is 8.78 Å². The average molecular weight is 335 g/mol. The standard InChI is InChI=1S/C13H17BrF2N2O/c1-8(4-5-18(2)3)17-13(19)12-10(15)6-9(14)7-11(12)16/h6-8H,4-5H2,1-3H3,(H,17,19). The van der Waals surface area contributed by atoms with Crippen molar-refractivity contribution in [2.24, 2.45) is 0 Å². The number of carbonyl (C=O) groups is 1. The van der Waals surface area contributed by atoms with Crippen molar-refractivity contribution in [3.05, 3.63) is 33.8 Å². The van der Waals surface area contributed by atoms with Crippen molar-refractivity contribution in [2.45, 2.75) is 19.4 Å². The summed E-state index contributed by atoms with van der Waals surface area (Å²) in [7, 11) is 3.84. The molecule has 0 saturated carbocycles. The lowest BCUT2D eigenvalue weighted by Crippen LogP contribution is -2.35. The Balaban J connectivity index is 2.73. The number of carbonyl (C=O) groups excluding carboxylic acids is 1. The zero-order valence-electron chi connectivity index (χ0n) is 11.1. The van der Waals surface area contributed by atoms with E-state index >= 15 is 0 Å². The van der Waals surface area contributed by atoms with Gasteiger partial charge in [0.2, 0.25) is 0 Å². The van der Waals surface area contributed by atoms with Crippen LogP contribution in [0.5, 0.6) is 0 Å². The maximum absolute atomic E-state index is 13.6. The number of nitrogens with zero attached hydrogens (tertiary/aromatic N) is 1. The first-order valence-corrected chi connectivity index (χ1v) is 6.70. The quantitative estimate of drug-likeness (QED) is 0.898. The number of rotatable bonds is 5. The van der Waals surface area contributed by atoms with Crippen LogP contribution in [0.15, 0.2) is 16.6 Å². The number of nitrogens with one attached hydrogen (secondary N) is 1. The molecule has 3 nitrogen and oxygen atoms in total. The average Bonchev–Trinajstić information content (AvgIpc) is 2.24. The summed E-state index contributed by atoms with van der Waals surface area (Å²) in [6.45, 7) is 2.59. The molecule has 0 heterocycles. The normalized spacial score (nSPS) is 12.6. The van der Waals surface area contributed by atoms with Gasteiger partial charge >= 0.3 is 0 Å². The molecule has 0 fully saturated rings. The Morgan fingerprint density at radius 3 is 2.37 bits per heavy atom. The lowest BCUT2D eigenvalue weighted by Gasteiger charge is -2.17. The Kier molecular flexibility index (Phi) is 5.87. The molecule has 1 amide bonds.